The van der Waals surface area contributed by atoms with Gasteiger partial charge in [0.05, 0.1) is 12.0 Å². The van der Waals surface area contributed by atoms with Gasteiger partial charge in [0.1, 0.15) is 11.1 Å². The number of hydrogen-bond donors (Lipinski definition) is 0. The molecule has 0 saturated carbocycles. The summed E-state index contributed by atoms with van der Waals surface area (Å²) in [4.78, 5) is 28.3. The highest BCUT2D eigenvalue weighted by Crippen LogP contribution is 2.21. The van der Waals surface area contributed by atoms with Gasteiger partial charge in [0.25, 0.3) is 0 Å². The van der Waals surface area contributed by atoms with Crippen LogP contribution in [0.3, 0.4) is 0 Å². The van der Waals surface area contributed by atoms with Crippen molar-refractivity contribution in [3.05, 3.63) is 44.5 Å². The second kappa shape index (κ2) is 6.01. The van der Waals surface area contributed by atoms with Gasteiger partial charge < -0.3 is 4.74 Å². The Balaban J connectivity index is 2.40. The molecule has 0 spiro atoms. The van der Waals surface area contributed by atoms with Crippen molar-refractivity contribution in [3.8, 4) is 5.13 Å². The number of nitrogens with zero attached hydrogens (tertiary/aromatic N) is 4. The van der Waals surface area contributed by atoms with E-state index >= 15 is 0 Å². The molecule has 0 aliphatic heterocycles. The minimum Gasteiger partial charge on any atom is -0.462 e. The van der Waals surface area contributed by atoms with Crippen LogP contribution in [0.25, 0.3) is 16.2 Å². The molecule has 3 heterocycles. The Morgan fingerprint density at radius 2 is 2.30 bits per heavy atom. The first-order valence-electron chi connectivity index (χ1n) is 6.38. The second-order valence-electron chi connectivity index (χ2n) is 4.32. The Hall–Kier alpha value is -2.39. The maximum Gasteiger partial charge on any atom is 0.343 e. The minimum absolute atomic E-state index is 0.0752. The third-order valence-electron chi connectivity index (χ3n) is 2.94. The molecule has 0 unspecified atom stereocenters. The number of ether oxygens (including phenoxy) is 1. The zero-order valence-corrected chi connectivity index (χ0v) is 13.2. The number of fused-ring (bicyclic) bond motifs is 1. The van der Waals surface area contributed by atoms with Crippen LogP contribution < -0.4 is 5.43 Å². The van der Waals surface area contributed by atoms with E-state index in [0.717, 1.165) is 17.4 Å². The van der Waals surface area contributed by atoms with Crippen LogP contribution in [0, 0.1) is 5.82 Å². The lowest BCUT2D eigenvalue weighted by Crippen LogP contribution is -2.21. The number of pyridine rings is 2. The van der Waals surface area contributed by atoms with E-state index in [4.69, 9.17) is 16.3 Å². The zero-order chi connectivity index (χ0) is 16.6. The van der Waals surface area contributed by atoms with Gasteiger partial charge in [-0.2, -0.15) is 0 Å². The van der Waals surface area contributed by atoms with E-state index in [-0.39, 0.29) is 28.4 Å². The summed E-state index contributed by atoms with van der Waals surface area (Å²) < 4.78 is 19.9. The quantitative estimate of drug-likeness (QED) is 0.529. The molecule has 0 radical (unpaired) electrons. The Morgan fingerprint density at radius 1 is 1.52 bits per heavy atom. The summed E-state index contributed by atoms with van der Waals surface area (Å²) in [7, 11) is 0. The summed E-state index contributed by atoms with van der Waals surface area (Å²) in [5.41, 5.74) is 0.598. The predicted molar refractivity (Wildman–Crippen MR) is 81.7 cm³/mol. The van der Waals surface area contributed by atoms with Crippen LogP contribution in [0.15, 0.2) is 22.6 Å². The van der Waals surface area contributed by atoms with Gasteiger partial charge in [-0.3, -0.25) is 9.36 Å². The summed E-state index contributed by atoms with van der Waals surface area (Å²) >= 11 is 6.85. The molecule has 0 atom stereocenters. The molecule has 0 aromatic carbocycles. The molecular formula is C13H8ClFN4O3S. The van der Waals surface area contributed by atoms with Crippen molar-refractivity contribution in [2.75, 3.05) is 6.61 Å². The number of carbonyl (C=O) groups excluding carboxylic acids is 1. The number of halogens is 2. The van der Waals surface area contributed by atoms with Gasteiger partial charge in [0, 0.05) is 6.20 Å². The van der Waals surface area contributed by atoms with Crippen molar-refractivity contribution in [2.24, 2.45) is 0 Å². The molecule has 0 amide bonds. The molecule has 0 aliphatic rings. The number of aromatic nitrogens is 4. The van der Waals surface area contributed by atoms with Crippen LogP contribution >= 0.6 is 22.9 Å². The second-order valence-corrected chi connectivity index (χ2v) is 5.49. The molecular weight excluding hydrogens is 347 g/mol. The zero-order valence-electron chi connectivity index (χ0n) is 11.6. The molecule has 0 saturated heterocycles. The normalized spacial score (nSPS) is 10.9. The lowest BCUT2D eigenvalue weighted by molar-refractivity contribution is 0.0524. The monoisotopic (exact) mass is 354 g/mol. The van der Waals surface area contributed by atoms with Crippen molar-refractivity contribution >= 4 is 39.9 Å². The topological polar surface area (TPSA) is 87.0 Å². The molecule has 118 valence electrons. The van der Waals surface area contributed by atoms with Crippen molar-refractivity contribution in [1.29, 1.82) is 0 Å². The van der Waals surface area contributed by atoms with E-state index in [9.17, 15) is 14.0 Å². The van der Waals surface area contributed by atoms with Crippen LogP contribution in [0.2, 0.25) is 5.15 Å². The first-order valence-corrected chi connectivity index (χ1v) is 7.63. The summed E-state index contributed by atoms with van der Waals surface area (Å²) in [5.74, 6) is -1.67. The SMILES string of the molecule is CCOC(=O)c1cn(-c2nncs2)c2nc(Cl)c(F)cc2c1=O. The summed E-state index contributed by atoms with van der Waals surface area (Å²) in [5, 5.41) is 7.41. The fraction of sp³-hybridized carbons (Fsp3) is 0.154. The van der Waals surface area contributed by atoms with E-state index in [2.05, 4.69) is 15.2 Å². The highest BCUT2D eigenvalue weighted by atomic mass is 35.5. The molecule has 0 aliphatic carbocycles. The van der Waals surface area contributed by atoms with E-state index < -0.39 is 17.2 Å². The van der Waals surface area contributed by atoms with Crippen molar-refractivity contribution in [1.82, 2.24) is 19.7 Å². The van der Waals surface area contributed by atoms with Gasteiger partial charge >= 0.3 is 5.97 Å². The standard InChI is InChI=1S/C13H8ClFN4O3S/c1-2-22-12(21)7-4-19(13-18-16-5-23-13)11-6(9(7)20)3-8(15)10(14)17-11/h3-5H,2H2,1H3. The van der Waals surface area contributed by atoms with E-state index in [1.54, 1.807) is 6.92 Å². The summed E-state index contributed by atoms with van der Waals surface area (Å²) in [6.45, 7) is 1.71. The molecule has 10 heteroatoms. The number of esters is 1. The van der Waals surface area contributed by atoms with Gasteiger partial charge in [-0.25, -0.2) is 14.2 Å². The highest BCUT2D eigenvalue weighted by molar-refractivity contribution is 7.11. The fourth-order valence-corrected chi connectivity index (χ4v) is 2.64. The lowest BCUT2D eigenvalue weighted by Gasteiger charge is -2.10. The summed E-state index contributed by atoms with van der Waals surface area (Å²) in [6.07, 6.45) is 1.24. The van der Waals surface area contributed by atoms with Gasteiger partial charge in [0.15, 0.2) is 16.6 Å². The Labute approximate surface area is 137 Å². The van der Waals surface area contributed by atoms with E-state index in [1.165, 1.54) is 16.3 Å². The van der Waals surface area contributed by atoms with Gasteiger partial charge in [0.2, 0.25) is 10.6 Å². The highest BCUT2D eigenvalue weighted by Gasteiger charge is 2.20. The van der Waals surface area contributed by atoms with Crippen molar-refractivity contribution in [3.63, 3.8) is 0 Å². The maximum absolute atomic E-state index is 13.7. The molecule has 0 fully saturated rings. The number of hydrogen-bond acceptors (Lipinski definition) is 7. The van der Waals surface area contributed by atoms with Gasteiger partial charge in [-0.05, 0) is 13.0 Å². The largest absolute Gasteiger partial charge is 0.462 e. The van der Waals surface area contributed by atoms with Gasteiger partial charge in [-0.1, -0.05) is 22.9 Å². The van der Waals surface area contributed by atoms with Crippen LogP contribution in [-0.2, 0) is 4.74 Å². The van der Waals surface area contributed by atoms with Crippen molar-refractivity contribution in [2.45, 2.75) is 6.92 Å². The average molecular weight is 355 g/mol. The van der Waals surface area contributed by atoms with Gasteiger partial charge in [-0.15, -0.1) is 10.2 Å². The fourth-order valence-electron chi connectivity index (χ4n) is 1.97. The first-order chi connectivity index (χ1) is 11.0. The van der Waals surface area contributed by atoms with Crippen LogP contribution in [0.1, 0.15) is 17.3 Å². The molecule has 0 bridgehead atoms. The average Bonchev–Trinajstić information content (AvgIpc) is 3.04. The van der Waals surface area contributed by atoms with Crippen LogP contribution in [-0.4, -0.2) is 32.3 Å². The molecule has 3 aromatic rings. The molecule has 0 N–H and O–H groups in total. The summed E-state index contributed by atoms with van der Waals surface area (Å²) in [6, 6.07) is 0.938. The molecule has 3 rings (SSSR count). The third-order valence-corrected chi connectivity index (χ3v) is 3.89. The third kappa shape index (κ3) is 2.68. The lowest BCUT2D eigenvalue weighted by atomic mass is 10.2. The molecule has 3 aromatic heterocycles. The van der Waals surface area contributed by atoms with E-state index in [1.807, 2.05) is 0 Å². The smallest absolute Gasteiger partial charge is 0.343 e. The Morgan fingerprint density at radius 3 is 2.96 bits per heavy atom. The minimum atomic E-state index is -0.860. The van der Waals surface area contributed by atoms with Crippen molar-refractivity contribution < 1.29 is 13.9 Å². The van der Waals surface area contributed by atoms with Crippen LogP contribution in [0.5, 0.6) is 0 Å². The van der Waals surface area contributed by atoms with Crippen LogP contribution in [0.4, 0.5) is 4.39 Å². The number of rotatable bonds is 3. The van der Waals surface area contributed by atoms with E-state index in [0.29, 0.717) is 5.13 Å². The predicted octanol–water partition coefficient (Wildman–Crippen LogP) is 2.21. The number of carbonyl (C=O) groups is 1. The molecule has 23 heavy (non-hydrogen) atoms. The molecule has 7 nitrogen and oxygen atoms in total. The first kappa shape index (κ1) is 15.5. The Kier molecular flexibility index (Phi) is 4.05. The Bertz CT molecular complexity index is 958. The maximum atomic E-state index is 13.7.